The average molecular weight is 764 g/mol. The number of aliphatic hydroxyl groups excluding tert-OH is 1. The van der Waals surface area contributed by atoms with Crippen LogP contribution in [-0.2, 0) is 10.9 Å². The summed E-state index contributed by atoms with van der Waals surface area (Å²) in [6.07, 6.45) is -3.18. The first kappa shape index (κ1) is 40.8. The van der Waals surface area contributed by atoms with Crippen molar-refractivity contribution in [3.05, 3.63) is 96.1 Å². The van der Waals surface area contributed by atoms with Gasteiger partial charge in [0.1, 0.15) is 5.75 Å². The van der Waals surface area contributed by atoms with E-state index in [1.807, 2.05) is 50.2 Å². The van der Waals surface area contributed by atoms with Crippen molar-refractivity contribution >= 4 is 45.8 Å². The van der Waals surface area contributed by atoms with E-state index in [4.69, 9.17) is 9.47 Å². The number of carbonyl (C=O) groups excluding carboxylic acids is 3. The normalized spacial score (nSPS) is 19.0. The minimum Gasteiger partial charge on any atom is -0.490 e. The van der Waals surface area contributed by atoms with Gasteiger partial charge in [0.2, 0.25) is 0 Å². The lowest BCUT2D eigenvalue weighted by atomic mass is 10.0. The maximum Gasteiger partial charge on any atom is 0.416 e. The van der Waals surface area contributed by atoms with E-state index in [9.17, 15) is 32.7 Å². The third-order valence-corrected chi connectivity index (χ3v) is 9.61. The molecule has 0 saturated carbocycles. The van der Waals surface area contributed by atoms with Crippen LogP contribution in [0.25, 0.3) is 10.8 Å². The Morgan fingerprint density at radius 3 is 2.38 bits per heavy atom. The van der Waals surface area contributed by atoms with Gasteiger partial charge in [0.15, 0.2) is 0 Å². The summed E-state index contributed by atoms with van der Waals surface area (Å²) < 4.78 is 51.7. The number of nitrogens with one attached hydrogen (secondary N) is 3. The molecule has 4 atom stereocenters. The maximum atomic E-state index is 14.5. The number of hydrogen-bond acceptors (Lipinski definition) is 6. The van der Waals surface area contributed by atoms with Crippen LogP contribution < -0.4 is 20.7 Å². The first-order valence-electron chi connectivity index (χ1n) is 18.3. The molecule has 4 aromatic rings. The lowest BCUT2D eigenvalue weighted by Gasteiger charge is -2.35. The average Bonchev–Trinajstić information content (AvgIpc) is 3.15. The first-order chi connectivity index (χ1) is 26.2. The predicted octanol–water partition coefficient (Wildman–Crippen LogP) is 8.46. The van der Waals surface area contributed by atoms with Gasteiger partial charge in [0.25, 0.3) is 5.91 Å². The lowest BCUT2D eigenvalue weighted by Crippen LogP contribution is -2.48. The molecule has 5 rings (SSSR count). The third kappa shape index (κ3) is 10.9. The van der Waals surface area contributed by atoms with Crippen molar-refractivity contribution < 1.29 is 42.1 Å². The second-order valence-corrected chi connectivity index (χ2v) is 14.0. The van der Waals surface area contributed by atoms with E-state index in [2.05, 4.69) is 16.0 Å². The Hall–Kier alpha value is -5.34. The molecule has 0 unspecified atom stereocenters. The zero-order valence-corrected chi connectivity index (χ0v) is 31.4. The summed E-state index contributed by atoms with van der Waals surface area (Å²) in [5, 5.41) is 20.5. The minimum atomic E-state index is -4.50. The fraction of sp³-hybridized carbons (Fsp3) is 0.390. The summed E-state index contributed by atoms with van der Waals surface area (Å²) in [6, 6.07) is 20.7. The molecule has 0 radical (unpaired) electrons. The molecule has 1 aliphatic heterocycles. The number of rotatable bonds is 7. The Labute approximate surface area is 318 Å². The number of nitrogens with zero attached hydrogens (tertiary/aromatic N) is 2. The number of carbonyl (C=O) groups is 3. The zero-order chi connectivity index (χ0) is 39.7. The Morgan fingerprint density at radius 1 is 0.945 bits per heavy atom. The van der Waals surface area contributed by atoms with Crippen LogP contribution in [0.2, 0.25) is 0 Å². The number of aliphatic hydroxyl groups is 1. The molecule has 0 spiro atoms. The maximum absolute atomic E-state index is 14.5. The third-order valence-electron chi connectivity index (χ3n) is 9.61. The summed E-state index contributed by atoms with van der Waals surface area (Å²) >= 11 is 0. The van der Waals surface area contributed by atoms with E-state index in [1.165, 1.54) is 21.9 Å². The molecule has 1 aliphatic rings. The van der Waals surface area contributed by atoms with Crippen LogP contribution in [0, 0.1) is 5.92 Å². The Balaban J connectivity index is 1.35. The van der Waals surface area contributed by atoms with Crippen molar-refractivity contribution in [2.75, 3.05) is 49.3 Å². The quantitative estimate of drug-likeness (QED) is 0.149. The zero-order valence-electron chi connectivity index (χ0n) is 31.4. The van der Waals surface area contributed by atoms with Gasteiger partial charge in [-0.2, -0.15) is 13.2 Å². The molecule has 0 aromatic heterocycles. The number of amides is 5. The second kappa shape index (κ2) is 18.3. The van der Waals surface area contributed by atoms with Crippen LogP contribution in [0.5, 0.6) is 5.75 Å². The number of halogens is 3. The molecule has 5 amide bonds. The number of hydrogen-bond donors (Lipinski definition) is 4. The van der Waals surface area contributed by atoms with Crippen LogP contribution in [0.3, 0.4) is 0 Å². The van der Waals surface area contributed by atoms with Gasteiger partial charge in [-0.15, -0.1) is 0 Å². The van der Waals surface area contributed by atoms with E-state index < -0.39 is 41.9 Å². The van der Waals surface area contributed by atoms with E-state index >= 15 is 0 Å². The summed E-state index contributed by atoms with van der Waals surface area (Å²) in [5.41, 5.74) is 0.556. The minimum absolute atomic E-state index is 0.110. The Morgan fingerprint density at radius 2 is 1.65 bits per heavy atom. The second-order valence-electron chi connectivity index (χ2n) is 14.0. The van der Waals surface area contributed by atoms with Crippen molar-refractivity contribution in [3.8, 4) is 5.75 Å². The van der Waals surface area contributed by atoms with Crippen LogP contribution in [-0.4, -0.2) is 84.5 Å². The van der Waals surface area contributed by atoms with E-state index in [0.29, 0.717) is 36.6 Å². The van der Waals surface area contributed by atoms with Crippen LogP contribution in [0.15, 0.2) is 84.9 Å². The van der Waals surface area contributed by atoms with E-state index in [1.54, 1.807) is 38.2 Å². The van der Waals surface area contributed by atoms with E-state index in [0.717, 1.165) is 29.3 Å². The highest BCUT2D eigenvalue weighted by Gasteiger charge is 2.32. The molecule has 11 nitrogen and oxygen atoms in total. The summed E-state index contributed by atoms with van der Waals surface area (Å²) in [5.74, 6) is -0.443. The van der Waals surface area contributed by atoms with Gasteiger partial charge in [0, 0.05) is 49.4 Å². The van der Waals surface area contributed by atoms with Crippen molar-refractivity contribution in [2.24, 2.45) is 5.92 Å². The van der Waals surface area contributed by atoms with Gasteiger partial charge in [-0.1, -0.05) is 43.3 Å². The van der Waals surface area contributed by atoms with Gasteiger partial charge in [-0.25, -0.2) is 9.59 Å². The molecule has 0 bridgehead atoms. The summed E-state index contributed by atoms with van der Waals surface area (Å²) in [6.45, 7) is 5.80. The monoisotopic (exact) mass is 763 g/mol. The summed E-state index contributed by atoms with van der Waals surface area (Å²) in [4.78, 5) is 43.8. The SMILES string of the molecule is C[C@@H]1CCCCO[C@@H](CN(C)C(=O)Nc2ccc(C(F)(F)F)cc2)[C@@H](C)CN([C@H](C)CO)C(=O)c2cc(NC(=O)Nc3cccc4ccccc34)ccc2O1. The molecule has 55 heavy (non-hydrogen) atoms. The van der Waals surface area contributed by atoms with Crippen molar-refractivity contribution in [2.45, 2.75) is 64.5 Å². The standard InChI is InChI=1S/C41H48F3N5O6/c1-26-23-49(27(2)25-50)38(51)34-22-32(45-39(52)47-35-14-9-12-29-11-5-6-13-33(29)35)19-20-36(34)55-28(3)10-7-8-21-54-37(26)24-48(4)40(53)46-31-17-15-30(16-18-31)41(42,43)44/h5-6,9,11-20,22,26-28,37,50H,7-8,10,21,23-25H2,1-4H3,(H,46,53)(H2,45,47,52)/t26-,27+,28+,37-/m0/s1. The van der Waals surface area contributed by atoms with Crippen LogP contribution in [0.4, 0.5) is 39.8 Å². The molecule has 0 fully saturated rings. The van der Waals surface area contributed by atoms with Crippen molar-refractivity contribution in [1.29, 1.82) is 0 Å². The number of benzene rings is 4. The van der Waals surface area contributed by atoms with Gasteiger partial charge < -0.3 is 40.3 Å². The molecule has 1 heterocycles. The Kier molecular flexibility index (Phi) is 13.6. The molecule has 4 N–H and O–H groups in total. The predicted molar refractivity (Wildman–Crippen MR) is 207 cm³/mol. The molecule has 294 valence electrons. The van der Waals surface area contributed by atoms with Gasteiger partial charge in [-0.05, 0) is 87.0 Å². The molecule has 0 aliphatic carbocycles. The highest BCUT2D eigenvalue weighted by atomic mass is 19.4. The van der Waals surface area contributed by atoms with E-state index in [-0.39, 0.29) is 43.0 Å². The fourth-order valence-corrected chi connectivity index (χ4v) is 6.40. The first-order valence-corrected chi connectivity index (χ1v) is 18.3. The molecular formula is C41H48F3N5O6. The topological polar surface area (TPSA) is 132 Å². The highest BCUT2D eigenvalue weighted by molar-refractivity contribution is 6.07. The largest absolute Gasteiger partial charge is 0.490 e. The fourth-order valence-electron chi connectivity index (χ4n) is 6.40. The van der Waals surface area contributed by atoms with Crippen molar-refractivity contribution in [1.82, 2.24) is 9.80 Å². The molecule has 14 heteroatoms. The van der Waals surface area contributed by atoms with Crippen LogP contribution in [0.1, 0.15) is 56.0 Å². The number of fused-ring (bicyclic) bond motifs is 2. The van der Waals surface area contributed by atoms with Gasteiger partial charge in [-0.3, -0.25) is 4.79 Å². The summed E-state index contributed by atoms with van der Waals surface area (Å²) in [7, 11) is 1.56. The highest BCUT2D eigenvalue weighted by Crippen LogP contribution is 2.31. The van der Waals surface area contributed by atoms with Gasteiger partial charge >= 0.3 is 18.2 Å². The Bertz CT molecular complexity index is 1940. The number of urea groups is 2. The smallest absolute Gasteiger partial charge is 0.416 e. The number of anilines is 3. The number of alkyl halides is 3. The molecule has 4 aromatic carbocycles. The van der Waals surface area contributed by atoms with Gasteiger partial charge in [0.05, 0.1) is 41.7 Å². The lowest BCUT2D eigenvalue weighted by molar-refractivity contribution is -0.137. The number of ether oxygens (including phenoxy) is 2. The number of likely N-dealkylation sites (N-methyl/N-ethyl adjacent to an activating group) is 1. The van der Waals surface area contributed by atoms with Crippen molar-refractivity contribution in [3.63, 3.8) is 0 Å². The van der Waals surface area contributed by atoms with Crippen LogP contribution >= 0.6 is 0 Å². The molecule has 0 saturated heterocycles. The molecular weight excluding hydrogens is 715 g/mol.